The lowest BCUT2D eigenvalue weighted by Gasteiger charge is -2.13. The quantitative estimate of drug-likeness (QED) is 0.260. The minimum absolute atomic E-state index is 0.0445. The molecule has 0 radical (unpaired) electrons. The summed E-state index contributed by atoms with van der Waals surface area (Å²) in [6, 6.07) is 5.89. The molecule has 0 bridgehead atoms. The monoisotopic (exact) mass is 456 g/mol. The SMILES string of the molecule is C[C@H](NC(=O)c1cccc([N+](=O)[O-])c1)C(=O)OCc1nnc2n(C)c(=O)c3sccc3n12. The number of esters is 1. The number of rotatable bonds is 6. The van der Waals surface area contributed by atoms with E-state index in [0.717, 1.165) is 6.07 Å². The molecule has 1 amide bonds. The summed E-state index contributed by atoms with van der Waals surface area (Å²) in [7, 11) is 1.58. The Morgan fingerprint density at radius 2 is 2.09 bits per heavy atom. The van der Waals surface area contributed by atoms with Crippen LogP contribution >= 0.6 is 11.3 Å². The molecule has 0 spiro atoms. The Morgan fingerprint density at radius 3 is 2.84 bits per heavy atom. The Labute approximate surface area is 183 Å². The molecule has 4 aromatic rings. The number of nitro benzene ring substituents is 1. The number of ether oxygens (including phenoxy) is 1. The third-order valence-corrected chi connectivity index (χ3v) is 5.65. The highest BCUT2D eigenvalue weighted by molar-refractivity contribution is 7.17. The van der Waals surface area contributed by atoms with Crippen molar-refractivity contribution in [3.05, 3.63) is 67.6 Å². The summed E-state index contributed by atoms with van der Waals surface area (Å²) >= 11 is 1.28. The van der Waals surface area contributed by atoms with Gasteiger partial charge in [0.25, 0.3) is 17.2 Å². The van der Waals surface area contributed by atoms with Crippen LogP contribution in [0.3, 0.4) is 0 Å². The second-order valence-corrected chi connectivity index (χ2v) is 7.78. The fraction of sp³-hybridized carbons (Fsp3) is 0.211. The summed E-state index contributed by atoms with van der Waals surface area (Å²) in [5.41, 5.74) is 0.218. The molecule has 1 aromatic carbocycles. The average molecular weight is 456 g/mol. The molecular weight excluding hydrogens is 440 g/mol. The van der Waals surface area contributed by atoms with Crippen LogP contribution in [0.25, 0.3) is 16.0 Å². The number of benzene rings is 1. The third-order valence-electron chi connectivity index (χ3n) is 4.76. The van der Waals surface area contributed by atoms with Gasteiger partial charge in [-0.1, -0.05) is 6.07 Å². The number of non-ortho nitro benzene ring substituents is 1. The van der Waals surface area contributed by atoms with Gasteiger partial charge < -0.3 is 10.1 Å². The van der Waals surface area contributed by atoms with Crippen LogP contribution < -0.4 is 10.9 Å². The van der Waals surface area contributed by atoms with E-state index in [2.05, 4.69) is 15.5 Å². The maximum Gasteiger partial charge on any atom is 0.328 e. The van der Waals surface area contributed by atoms with Gasteiger partial charge in [-0.15, -0.1) is 21.5 Å². The van der Waals surface area contributed by atoms with E-state index >= 15 is 0 Å². The van der Waals surface area contributed by atoms with Crippen molar-refractivity contribution in [1.82, 2.24) is 24.5 Å². The van der Waals surface area contributed by atoms with Gasteiger partial charge in [-0.3, -0.25) is 28.7 Å². The Balaban J connectivity index is 1.48. The molecular formula is C19H16N6O6S. The summed E-state index contributed by atoms with van der Waals surface area (Å²) in [6.07, 6.45) is 0. The molecule has 0 saturated carbocycles. The number of nitrogens with one attached hydrogen (secondary N) is 1. The molecule has 32 heavy (non-hydrogen) atoms. The Morgan fingerprint density at radius 1 is 1.31 bits per heavy atom. The minimum Gasteiger partial charge on any atom is -0.456 e. The lowest BCUT2D eigenvalue weighted by Crippen LogP contribution is -2.39. The highest BCUT2D eigenvalue weighted by atomic mass is 32.1. The van der Waals surface area contributed by atoms with Crippen LogP contribution in [0.4, 0.5) is 5.69 Å². The minimum atomic E-state index is -1.02. The molecule has 3 aromatic heterocycles. The van der Waals surface area contributed by atoms with Crippen molar-refractivity contribution in [1.29, 1.82) is 0 Å². The number of aryl methyl sites for hydroxylation is 1. The Hall–Kier alpha value is -4.13. The number of nitrogens with zero attached hydrogens (tertiary/aromatic N) is 5. The molecule has 0 aliphatic carbocycles. The van der Waals surface area contributed by atoms with E-state index in [1.165, 1.54) is 41.0 Å². The maximum absolute atomic E-state index is 12.4. The zero-order valence-corrected chi connectivity index (χ0v) is 17.7. The molecule has 0 unspecified atom stereocenters. The van der Waals surface area contributed by atoms with Gasteiger partial charge in [0.05, 0.1) is 10.4 Å². The Kier molecular flexibility index (Phi) is 5.40. The highest BCUT2D eigenvalue weighted by Gasteiger charge is 2.21. The number of thiophene rings is 1. The Bertz CT molecular complexity index is 1440. The number of nitro groups is 1. The number of hydrogen-bond acceptors (Lipinski definition) is 9. The summed E-state index contributed by atoms with van der Waals surface area (Å²) in [5.74, 6) is -0.767. The third kappa shape index (κ3) is 3.69. The summed E-state index contributed by atoms with van der Waals surface area (Å²) < 4.78 is 8.79. The van der Waals surface area contributed by atoms with E-state index in [4.69, 9.17) is 4.74 Å². The summed E-state index contributed by atoms with van der Waals surface area (Å²) in [5, 5.41) is 23.1. The normalized spacial score (nSPS) is 12.1. The predicted octanol–water partition coefficient (Wildman–Crippen LogP) is 1.41. The first-order chi connectivity index (χ1) is 15.3. The van der Waals surface area contributed by atoms with Gasteiger partial charge >= 0.3 is 5.97 Å². The fourth-order valence-electron chi connectivity index (χ4n) is 3.11. The van der Waals surface area contributed by atoms with Crippen molar-refractivity contribution in [2.75, 3.05) is 0 Å². The number of hydrogen-bond donors (Lipinski definition) is 1. The molecule has 13 heteroatoms. The lowest BCUT2D eigenvalue weighted by molar-refractivity contribution is -0.384. The van der Waals surface area contributed by atoms with Crippen LogP contribution in [0, 0.1) is 10.1 Å². The van der Waals surface area contributed by atoms with Crippen LogP contribution in [-0.4, -0.2) is 42.0 Å². The zero-order chi connectivity index (χ0) is 23.0. The standard InChI is InChI=1S/C19H16N6O6S/c1-10(20-16(26)11-4-3-5-12(8-11)25(29)30)18(28)31-9-14-21-22-19-23(2)17(27)15-13(24(14)19)6-7-32-15/h3-8,10H,9H2,1-2H3,(H,20,26)/t10-/m0/s1. The van der Waals surface area contributed by atoms with Crippen LogP contribution in [0.2, 0.25) is 0 Å². The molecule has 1 N–H and O–H groups in total. The van der Waals surface area contributed by atoms with E-state index in [0.29, 0.717) is 21.8 Å². The fourth-order valence-corrected chi connectivity index (χ4v) is 3.96. The largest absolute Gasteiger partial charge is 0.456 e. The smallest absolute Gasteiger partial charge is 0.328 e. The van der Waals surface area contributed by atoms with Crippen molar-refractivity contribution >= 4 is 44.9 Å². The van der Waals surface area contributed by atoms with Crippen LogP contribution in [0.15, 0.2) is 40.5 Å². The zero-order valence-electron chi connectivity index (χ0n) is 16.8. The molecule has 0 fully saturated rings. The second kappa shape index (κ2) is 8.19. The van der Waals surface area contributed by atoms with Crippen molar-refractivity contribution in [3.8, 4) is 0 Å². The average Bonchev–Trinajstić information content (AvgIpc) is 3.42. The van der Waals surface area contributed by atoms with Gasteiger partial charge in [0, 0.05) is 24.7 Å². The molecule has 0 aliphatic heterocycles. The van der Waals surface area contributed by atoms with E-state index < -0.39 is 22.8 Å². The predicted molar refractivity (Wildman–Crippen MR) is 113 cm³/mol. The van der Waals surface area contributed by atoms with Gasteiger partial charge in [0.2, 0.25) is 5.78 Å². The van der Waals surface area contributed by atoms with Gasteiger partial charge in [0.1, 0.15) is 10.7 Å². The van der Waals surface area contributed by atoms with Gasteiger partial charge in [-0.05, 0) is 24.4 Å². The molecule has 164 valence electrons. The first-order valence-electron chi connectivity index (χ1n) is 9.30. The molecule has 0 saturated heterocycles. The van der Waals surface area contributed by atoms with Crippen molar-refractivity contribution in [2.45, 2.75) is 19.6 Å². The first kappa shape index (κ1) is 21.1. The van der Waals surface area contributed by atoms with Crippen LogP contribution in [0.1, 0.15) is 23.1 Å². The summed E-state index contributed by atoms with van der Waals surface area (Å²) in [4.78, 5) is 47.4. The van der Waals surface area contributed by atoms with Crippen LogP contribution in [-0.2, 0) is 23.2 Å². The number of aromatic nitrogens is 4. The van der Waals surface area contributed by atoms with Crippen LogP contribution in [0.5, 0.6) is 0 Å². The topological polar surface area (TPSA) is 151 Å². The van der Waals surface area contributed by atoms with Gasteiger partial charge in [-0.25, -0.2) is 4.79 Å². The number of amides is 1. The van der Waals surface area contributed by atoms with E-state index in [9.17, 15) is 24.5 Å². The molecule has 4 rings (SSSR count). The lowest BCUT2D eigenvalue weighted by atomic mass is 10.2. The molecule has 3 heterocycles. The number of carbonyl (C=O) groups excluding carboxylic acids is 2. The highest BCUT2D eigenvalue weighted by Crippen LogP contribution is 2.19. The van der Waals surface area contributed by atoms with Gasteiger partial charge in [0.15, 0.2) is 12.4 Å². The van der Waals surface area contributed by atoms with E-state index in [1.807, 2.05) is 0 Å². The second-order valence-electron chi connectivity index (χ2n) is 6.86. The number of fused-ring (bicyclic) bond motifs is 3. The van der Waals surface area contributed by atoms with Crippen molar-refractivity contribution in [2.24, 2.45) is 7.05 Å². The van der Waals surface area contributed by atoms with Gasteiger partial charge in [-0.2, -0.15) is 0 Å². The van der Waals surface area contributed by atoms with E-state index in [-0.39, 0.29) is 23.4 Å². The summed E-state index contributed by atoms with van der Waals surface area (Å²) in [6.45, 7) is 1.19. The first-order valence-corrected chi connectivity index (χ1v) is 10.2. The molecule has 12 nitrogen and oxygen atoms in total. The van der Waals surface area contributed by atoms with E-state index in [1.54, 1.807) is 22.9 Å². The maximum atomic E-state index is 12.4. The van der Waals surface area contributed by atoms with Crippen molar-refractivity contribution < 1.29 is 19.2 Å². The number of carbonyl (C=O) groups is 2. The van der Waals surface area contributed by atoms with Crippen molar-refractivity contribution in [3.63, 3.8) is 0 Å². The molecule has 0 aliphatic rings. The molecule has 1 atom stereocenters.